The SMILES string of the molecule is Cc1ccc(Cl)cc1NC(=O)CNc1ccc(F)c(Cl)c1. The molecule has 0 saturated heterocycles. The van der Waals surface area contributed by atoms with Gasteiger partial charge in [0.15, 0.2) is 0 Å². The molecule has 2 aromatic rings. The Morgan fingerprint density at radius 3 is 2.67 bits per heavy atom. The topological polar surface area (TPSA) is 41.1 Å². The summed E-state index contributed by atoms with van der Waals surface area (Å²) in [7, 11) is 0. The molecule has 0 aliphatic carbocycles. The largest absolute Gasteiger partial charge is 0.376 e. The number of rotatable bonds is 4. The molecule has 6 heteroatoms. The smallest absolute Gasteiger partial charge is 0.243 e. The van der Waals surface area contributed by atoms with Gasteiger partial charge in [-0.05, 0) is 42.8 Å². The third kappa shape index (κ3) is 4.34. The lowest BCUT2D eigenvalue weighted by molar-refractivity contribution is -0.114. The van der Waals surface area contributed by atoms with Crippen LogP contribution in [-0.2, 0) is 4.79 Å². The number of amides is 1. The normalized spacial score (nSPS) is 10.3. The molecule has 0 fully saturated rings. The lowest BCUT2D eigenvalue weighted by atomic mass is 10.2. The summed E-state index contributed by atoms with van der Waals surface area (Å²) in [5.41, 5.74) is 2.14. The third-order valence-corrected chi connectivity index (χ3v) is 3.37. The molecule has 0 unspecified atom stereocenters. The Morgan fingerprint density at radius 1 is 1.19 bits per heavy atom. The van der Waals surface area contributed by atoms with Gasteiger partial charge in [-0.25, -0.2) is 4.39 Å². The van der Waals surface area contributed by atoms with Crippen LogP contribution in [0.2, 0.25) is 10.0 Å². The predicted molar refractivity (Wildman–Crippen MR) is 84.7 cm³/mol. The van der Waals surface area contributed by atoms with E-state index in [0.717, 1.165) is 5.56 Å². The van der Waals surface area contributed by atoms with E-state index < -0.39 is 5.82 Å². The molecule has 2 aromatic carbocycles. The summed E-state index contributed by atoms with van der Waals surface area (Å²) in [5.74, 6) is -0.734. The van der Waals surface area contributed by atoms with Gasteiger partial charge in [-0.3, -0.25) is 4.79 Å². The van der Waals surface area contributed by atoms with Gasteiger partial charge in [-0.1, -0.05) is 29.3 Å². The monoisotopic (exact) mass is 326 g/mol. The van der Waals surface area contributed by atoms with Gasteiger partial charge < -0.3 is 10.6 Å². The average Bonchev–Trinajstić information content (AvgIpc) is 2.44. The second-order valence-corrected chi connectivity index (χ2v) is 5.33. The number of aryl methyl sites for hydroxylation is 1. The summed E-state index contributed by atoms with van der Waals surface area (Å²) in [6.45, 7) is 1.91. The second-order valence-electron chi connectivity index (χ2n) is 4.49. The zero-order valence-electron chi connectivity index (χ0n) is 11.2. The molecular formula is C15H13Cl2FN2O. The highest BCUT2D eigenvalue weighted by atomic mass is 35.5. The average molecular weight is 327 g/mol. The van der Waals surface area contributed by atoms with E-state index in [0.29, 0.717) is 16.4 Å². The van der Waals surface area contributed by atoms with Crippen molar-refractivity contribution in [1.82, 2.24) is 0 Å². The van der Waals surface area contributed by atoms with Crippen molar-refractivity contribution in [2.45, 2.75) is 6.92 Å². The Kier molecular flexibility index (Phi) is 5.04. The van der Waals surface area contributed by atoms with Crippen LogP contribution in [0.4, 0.5) is 15.8 Å². The Hall–Kier alpha value is -1.78. The van der Waals surface area contributed by atoms with Gasteiger partial charge in [0.05, 0.1) is 11.6 Å². The molecule has 1 amide bonds. The van der Waals surface area contributed by atoms with E-state index in [1.165, 1.54) is 18.2 Å². The minimum Gasteiger partial charge on any atom is -0.376 e. The van der Waals surface area contributed by atoms with Crippen molar-refractivity contribution in [3.05, 3.63) is 57.8 Å². The van der Waals surface area contributed by atoms with E-state index >= 15 is 0 Å². The maximum absolute atomic E-state index is 13.0. The lowest BCUT2D eigenvalue weighted by Crippen LogP contribution is -2.22. The zero-order valence-corrected chi connectivity index (χ0v) is 12.7. The number of benzene rings is 2. The van der Waals surface area contributed by atoms with Crippen LogP contribution >= 0.6 is 23.2 Å². The molecule has 0 saturated carbocycles. The summed E-state index contributed by atoms with van der Waals surface area (Å²) in [6.07, 6.45) is 0. The first-order valence-electron chi connectivity index (χ1n) is 6.20. The highest BCUT2D eigenvalue weighted by Gasteiger charge is 2.06. The van der Waals surface area contributed by atoms with Gasteiger partial charge in [0, 0.05) is 16.4 Å². The summed E-state index contributed by atoms with van der Waals surface area (Å²) < 4.78 is 13.0. The van der Waals surface area contributed by atoms with E-state index in [2.05, 4.69) is 10.6 Å². The number of anilines is 2. The van der Waals surface area contributed by atoms with E-state index in [4.69, 9.17) is 23.2 Å². The number of halogens is 3. The standard InChI is InChI=1S/C15H13Cl2FN2O/c1-9-2-3-10(16)6-14(9)20-15(21)8-19-11-4-5-13(18)12(17)7-11/h2-7,19H,8H2,1H3,(H,20,21). The Morgan fingerprint density at radius 2 is 1.95 bits per heavy atom. The Labute approximate surface area is 132 Å². The number of hydrogen-bond acceptors (Lipinski definition) is 2. The summed E-state index contributed by atoms with van der Waals surface area (Å²) in [4.78, 5) is 11.9. The first-order chi connectivity index (χ1) is 9.95. The molecule has 0 bridgehead atoms. The molecule has 0 atom stereocenters. The van der Waals surface area contributed by atoms with Crippen LogP contribution < -0.4 is 10.6 Å². The van der Waals surface area contributed by atoms with Gasteiger partial charge in [-0.2, -0.15) is 0 Å². The molecule has 0 aliphatic heterocycles. The second kappa shape index (κ2) is 6.78. The highest BCUT2D eigenvalue weighted by Crippen LogP contribution is 2.21. The number of hydrogen-bond donors (Lipinski definition) is 2. The molecule has 0 spiro atoms. The zero-order chi connectivity index (χ0) is 15.4. The molecule has 0 aromatic heterocycles. The molecule has 21 heavy (non-hydrogen) atoms. The van der Waals surface area contributed by atoms with Crippen LogP contribution in [0.1, 0.15) is 5.56 Å². The van der Waals surface area contributed by atoms with Crippen molar-refractivity contribution in [3.8, 4) is 0 Å². The fourth-order valence-corrected chi connectivity index (χ4v) is 2.06. The summed E-state index contributed by atoms with van der Waals surface area (Å²) in [6, 6.07) is 9.44. The van der Waals surface area contributed by atoms with Crippen LogP contribution in [0.15, 0.2) is 36.4 Å². The van der Waals surface area contributed by atoms with E-state index in [-0.39, 0.29) is 17.5 Å². The molecule has 0 radical (unpaired) electrons. The van der Waals surface area contributed by atoms with Crippen molar-refractivity contribution in [2.75, 3.05) is 17.2 Å². The fraction of sp³-hybridized carbons (Fsp3) is 0.133. The van der Waals surface area contributed by atoms with Crippen LogP contribution in [0, 0.1) is 12.7 Å². The Balaban J connectivity index is 1.95. The van der Waals surface area contributed by atoms with Gasteiger partial charge in [-0.15, -0.1) is 0 Å². The maximum Gasteiger partial charge on any atom is 0.243 e. The van der Waals surface area contributed by atoms with Crippen molar-refractivity contribution < 1.29 is 9.18 Å². The van der Waals surface area contributed by atoms with E-state index in [9.17, 15) is 9.18 Å². The highest BCUT2D eigenvalue weighted by molar-refractivity contribution is 6.31. The van der Waals surface area contributed by atoms with Gasteiger partial charge in [0.2, 0.25) is 5.91 Å². The Bertz CT molecular complexity index is 677. The molecule has 3 nitrogen and oxygen atoms in total. The molecule has 2 N–H and O–H groups in total. The predicted octanol–water partition coefficient (Wildman–Crippen LogP) is 4.49. The third-order valence-electron chi connectivity index (χ3n) is 2.85. The summed E-state index contributed by atoms with van der Waals surface area (Å²) in [5, 5.41) is 6.18. The lowest BCUT2D eigenvalue weighted by Gasteiger charge is -2.10. The number of carbonyl (C=O) groups is 1. The van der Waals surface area contributed by atoms with Crippen molar-refractivity contribution in [2.24, 2.45) is 0 Å². The van der Waals surface area contributed by atoms with Crippen molar-refractivity contribution in [3.63, 3.8) is 0 Å². The van der Waals surface area contributed by atoms with Gasteiger partial charge in [0.1, 0.15) is 5.82 Å². The van der Waals surface area contributed by atoms with Gasteiger partial charge >= 0.3 is 0 Å². The quantitative estimate of drug-likeness (QED) is 0.869. The first-order valence-corrected chi connectivity index (χ1v) is 6.96. The maximum atomic E-state index is 13.0. The molecular weight excluding hydrogens is 314 g/mol. The van der Waals surface area contributed by atoms with E-state index in [1.807, 2.05) is 13.0 Å². The fourth-order valence-electron chi connectivity index (χ4n) is 1.71. The van der Waals surface area contributed by atoms with E-state index in [1.54, 1.807) is 12.1 Å². The van der Waals surface area contributed by atoms with Gasteiger partial charge in [0.25, 0.3) is 0 Å². The van der Waals surface area contributed by atoms with Crippen LogP contribution in [0.3, 0.4) is 0 Å². The van der Waals surface area contributed by atoms with Crippen LogP contribution in [-0.4, -0.2) is 12.5 Å². The molecule has 2 rings (SSSR count). The molecule has 110 valence electrons. The molecule has 0 heterocycles. The number of carbonyl (C=O) groups excluding carboxylic acids is 1. The van der Waals surface area contributed by atoms with Crippen molar-refractivity contribution in [1.29, 1.82) is 0 Å². The van der Waals surface area contributed by atoms with Crippen LogP contribution in [0.5, 0.6) is 0 Å². The van der Waals surface area contributed by atoms with Crippen LogP contribution in [0.25, 0.3) is 0 Å². The number of nitrogens with one attached hydrogen (secondary N) is 2. The minimum atomic E-state index is -0.499. The first kappa shape index (κ1) is 15.6. The molecule has 0 aliphatic rings. The summed E-state index contributed by atoms with van der Waals surface area (Å²) >= 11 is 11.6. The van der Waals surface area contributed by atoms with Crippen molar-refractivity contribution >= 4 is 40.5 Å². The minimum absolute atomic E-state index is 0.00564.